The van der Waals surface area contributed by atoms with E-state index >= 15 is 0 Å². The van der Waals surface area contributed by atoms with Gasteiger partial charge in [0.05, 0.1) is 9.95 Å². The number of Topliss-reactive ketones (excluding diaryl/α,β-unsaturated/α-hetero) is 1. The van der Waals surface area contributed by atoms with Crippen LogP contribution in [0.3, 0.4) is 0 Å². The Morgan fingerprint density at radius 2 is 2.00 bits per heavy atom. The first-order valence-corrected chi connectivity index (χ1v) is 7.00. The smallest absolute Gasteiger partial charge is 0.271 e. The van der Waals surface area contributed by atoms with Gasteiger partial charge in [-0.25, -0.2) is 0 Å². The number of nitrogens with zero attached hydrogens (tertiary/aromatic N) is 1. The van der Waals surface area contributed by atoms with Gasteiger partial charge in [-0.2, -0.15) is 0 Å². The Bertz CT molecular complexity index is 705. The number of ketones is 1. The molecular weight excluding hydrogens is 362 g/mol. The average molecular weight is 371 g/mol. The molecule has 0 aliphatic rings. The van der Waals surface area contributed by atoms with Crippen LogP contribution in [0.1, 0.15) is 10.4 Å². The maximum atomic E-state index is 12.0. The first-order valence-electron chi connectivity index (χ1n) is 5.83. The Morgan fingerprint density at radius 1 is 1.29 bits per heavy atom. The number of carbonyl (C=O) groups excluding carboxylic acids is 1. The summed E-state index contributed by atoms with van der Waals surface area (Å²) in [5.74, 6) is -0.000403. The summed E-state index contributed by atoms with van der Waals surface area (Å²) in [5.41, 5.74) is 0.361. The van der Waals surface area contributed by atoms with E-state index in [1.54, 1.807) is 24.3 Å². The minimum absolute atomic E-state index is 0.0872. The van der Waals surface area contributed by atoms with Crippen LogP contribution in [-0.2, 0) is 0 Å². The molecule has 0 aliphatic heterocycles. The van der Waals surface area contributed by atoms with Crippen LogP contribution in [-0.4, -0.2) is 17.3 Å². The number of non-ortho nitro benzene ring substituents is 1. The molecule has 0 N–H and O–H groups in total. The van der Waals surface area contributed by atoms with Crippen molar-refractivity contribution in [3.8, 4) is 5.75 Å². The molecule has 21 heavy (non-hydrogen) atoms. The Kier molecular flexibility index (Phi) is 4.93. The summed E-state index contributed by atoms with van der Waals surface area (Å²) in [6.07, 6.45) is 0. The summed E-state index contributed by atoms with van der Waals surface area (Å²) in [7, 11) is 0. The molecule has 0 fully saturated rings. The predicted octanol–water partition coefficient (Wildman–Crippen LogP) is 4.27. The second-order valence-electron chi connectivity index (χ2n) is 4.06. The quantitative estimate of drug-likeness (QED) is 0.448. The number of hydrogen-bond acceptors (Lipinski definition) is 4. The van der Waals surface area contributed by atoms with Gasteiger partial charge < -0.3 is 4.74 Å². The van der Waals surface area contributed by atoms with Gasteiger partial charge in [-0.3, -0.25) is 14.9 Å². The molecule has 5 nitrogen and oxygen atoms in total. The highest BCUT2D eigenvalue weighted by molar-refractivity contribution is 9.10. The van der Waals surface area contributed by atoms with Gasteiger partial charge >= 0.3 is 0 Å². The molecule has 0 heterocycles. The fourth-order valence-electron chi connectivity index (χ4n) is 1.63. The number of hydrogen-bond donors (Lipinski definition) is 0. The molecule has 0 amide bonds. The highest BCUT2D eigenvalue weighted by Crippen LogP contribution is 2.29. The van der Waals surface area contributed by atoms with Crippen molar-refractivity contribution in [3.63, 3.8) is 0 Å². The molecule has 0 saturated carbocycles. The summed E-state index contributed by atoms with van der Waals surface area (Å²) in [5, 5.41) is 10.7. The standard InChI is InChI=1S/C14H9BrClNO4/c15-11-4-2-1-3-10(11)13(18)8-21-14-6-5-9(17(19)20)7-12(14)16/h1-7H,8H2. The lowest BCUT2D eigenvalue weighted by Gasteiger charge is -2.08. The Labute approximate surface area is 133 Å². The number of rotatable bonds is 5. The molecule has 108 valence electrons. The van der Waals surface area contributed by atoms with Crippen molar-refractivity contribution in [2.75, 3.05) is 6.61 Å². The van der Waals surface area contributed by atoms with Crippen molar-refractivity contribution in [2.45, 2.75) is 0 Å². The van der Waals surface area contributed by atoms with Crippen LogP contribution in [0.4, 0.5) is 5.69 Å². The van der Waals surface area contributed by atoms with E-state index in [-0.39, 0.29) is 28.8 Å². The van der Waals surface area contributed by atoms with E-state index in [1.807, 2.05) is 0 Å². The average Bonchev–Trinajstić information content (AvgIpc) is 2.46. The first-order chi connectivity index (χ1) is 9.99. The maximum Gasteiger partial charge on any atom is 0.271 e. The fraction of sp³-hybridized carbons (Fsp3) is 0.0714. The molecule has 2 rings (SSSR count). The van der Waals surface area contributed by atoms with Crippen LogP contribution in [0, 0.1) is 10.1 Å². The van der Waals surface area contributed by atoms with E-state index in [9.17, 15) is 14.9 Å². The fourth-order valence-corrected chi connectivity index (χ4v) is 2.36. The molecule has 0 bridgehead atoms. The van der Waals surface area contributed by atoms with Crippen molar-refractivity contribution >= 4 is 39.0 Å². The van der Waals surface area contributed by atoms with Crippen molar-refractivity contribution in [1.82, 2.24) is 0 Å². The number of carbonyl (C=O) groups is 1. The lowest BCUT2D eigenvalue weighted by molar-refractivity contribution is -0.384. The lowest BCUT2D eigenvalue weighted by Crippen LogP contribution is -2.12. The number of nitro benzene ring substituents is 1. The molecule has 0 atom stereocenters. The molecule has 2 aromatic carbocycles. The van der Waals surface area contributed by atoms with E-state index in [0.29, 0.717) is 10.0 Å². The van der Waals surface area contributed by atoms with Gasteiger partial charge in [-0.05, 0) is 12.1 Å². The van der Waals surface area contributed by atoms with Crippen molar-refractivity contribution in [2.24, 2.45) is 0 Å². The third kappa shape index (κ3) is 3.80. The monoisotopic (exact) mass is 369 g/mol. The second-order valence-corrected chi connectivity index (χ2v) is 5.33. The van der Waals surface area contributed by atoms with Gasteiger partial charge in [0.2, 0.25) is 5.78 Å². The van der Waals surface area contributed by atoms with Gasteiger partial charge in [0.1, 0.15) is 5.75 Å². The molecule has 0 saturated heterocycles. The van der Waals surface area contributed by atoms with E-state index in [2.05, 4.69) is 15.9 Å². The van der Waals surface area contributed by atoms with E-state index in [4.69, 9.17) is 16.3 Å². The van der Waals surface area contributed by atoms with Gasteiger partial charge in [-0.15, -0.1) is 0 Å². The van der Waals surface area contributed by atoms with Crippen molar-refractivity contribution in [3.05, 3.63) is 67.6 Å². The zero-order valence-corrected chi connectivity index (χ0v) is 12.9. The molecule has 0 aliphatic carbocycles. The molecule has 0 aromatic heterocycles. The van der Waals surface area contributed by atoms with Crippen LogP contribution in [0.2, 0.25) is 5.02 Å². The number of benzene rings is 2. The molecule has 0 radical (unpaired) electrons. The van der Waals surface area contributed by atoms with Crippen LogP contribution in [0.25, 0.3) is 0 Å². The number of nitro groups is 1. The number of halogens is 2. The summed E-state index contributed by atoms with van der Waals surface area (Å²) < 4.78 is 5.99. The summed E-state index contributed by atoms with van der Waals surface area (Å²) in [4.78, 5) is 22.1. The topological polar surface area (TPSA) is 69.4 Å². The van der Waals surface area contributed by atoms with E-state index in [1.165, 1.54) is 18.2 Å². The highest BCUT2D eigenvalue weighted by atomic mass is 79.9. The van der Waals surface area contributed by atoms with Gasteiger partial charge in [0, 0.05) is 22.2 Å². The minimum Gasteiger partial charge on any atom is -0.484 e. The van der Waals surface area contributed by atoms with Crippen LogP contribution < -0.4 is 4.74 Å². The third-order valence-corrected chi connectivity index (χ3v) is 3.65. The van der Waals surface area contributed by atoms with Crippen LogP contribution in [0.15, 0.2) is 46.9 Å². The van der Waals surface area contributed by atoms with Gasteiger partial charge in [-0.1, -0.05) is 45.7 Å². The predicted molar refractivity (Wildman–Crippen MR) is 82.1 cm³/mol. The number of ether oxygens (including phenoxy) is 1. The van der Waals surface area contributed by atoms with E-state index < -0.39 is 4.92 Å². The SMILES string of the molecule is O=C(COc1ccc([N+](=O)[O-])cc1Cl)c1ccccc1Br. The van der Waals surface area contributed by atoms with E-state index in [0.717, 1.165) is 0 Å². The second kappa shape index (κ2) is 6.69. The van der Waals surface area contributed by atoms with Gasteiger partial charge in [0.25, 0.3) is 5.69 Å². The minimum atomic E-state index is -0.554. The summed E-state index contributed by atoms with van der Waals surface area (Å²) in [6, 6.07) is 10.8. The summed E-state index contributed by atoms with van der Waals surface area (Å²) >= 11 is 9.17. The Morgan fingerprint density at radius 3 is 2.62 bits per heavy atom. The van der Waals surface area contributed by atoms with Crippen molar-refractivity contribution < 1.29 is 14.5 Å². The Balaban J connectivity index is 2.08. The van der Waals surface area contributed by atoms with Gasteiger partial charge in [0.15, 0.2) is 6.61 Å². The molecule has 0 spiro atoms. The van der Waals surface area contributed by atoms with Crippen molar-refractivity contribution in [1.29, 1.82) is 0 Å². The maximum absolute atomic E-state index is 12.0. The first kappa shape index (κ1) is 15.5. The lowest BCUT2D eigenvalue weighted by atomic mass is 10.1. The highest BCUT2D eigenvalue weighted by Gasteiger charge is 2.13. The molecule has 2 aromatic rings. The largest absolute Gasteiger partial charge is 0.484 e. The normalized spacial score (nSPS) is 10.2. The molecule has 7 heteroatoms. The molecule has 0 unspecified atom stereocenters. The zero-order chi connectivity index (χ0) is 15.4. The molecular formula is C14H9BrClNO4. The summed E-state index contributed by atoms with van der Waals surface area (Å²) in [6.45, 7) is -0.208. The third-order valence-electron chi connectivity index (χ3n) is 2.66. The van der Waals surface area contributed by atoms with Crippen LogP contribution >= 0.6 is 27.5 Å². The Hall–Kier alpha value is -1.92. The van der Waals surface area contributed by atoms with Crippen LogP contribution in [0.5, 0.6) is 5.75 Å². The zero-order valence-electron chi connectivity index (χ0n) is 10.6.